The maximum absolute atomic E-state index is 11.1. The molecule has 1 saturated heterocycles. The third-order valence-electron chi connectivity index (χ3n) is 6.39. The van der Waals surface area contributed by atoms with Gasteiger partial charge in [0.1, 0.15) is 12.4 Å². The van der Waals surface area contributed by atoms with Crippen molar-refractivity contribution in [3.8, 4) is 16.9 Å². The zero-order valence-corrected chi connectivity index (χ0v) is 21.3. The first-order valence-corrected chi connectivity index (χ1v) is 12.8. The largest absolute Gasteiger partial charge is 0.492 e. The second-order valence-electron chi connectivity index (χ2n) is 8.76. The second kappa shape index (κ2) is 11.5. The summed E-state index contributed by atoms with van der Waals surface area (Å²) in [5.74, 6) is 0.832. The summed E-state index contributed by atoms with van der Waals surface area (Å²) >= 11 is 12.5. The van der Waals surface area contributed by atoms with E-state index in [0.717, 1.165) is 71.7 Å². The molecule has 0 aliphatic carbocycles. The minimum absolute atomic E-state index is 0.567. The molecular formula is C29H28Cl2N2O3. The van der Waals surface area contributed by atoms with Crippen LogP contribution >= 0.6 is 23.2 Å². The lowest BCUT2D eigenvalue weighted by atomic mass is 10.0. The smallest absolute Gasteiger partial charge is 0.150 e. The van der Waals surface area contributed by atoms with E-state index in [4.69, 9.17) is 32.7 Å². The summed E-state index contributed by atoms with van der Waals surface area (Å²) in [4.78, 5) is 2.35. The van der Waals surface area contributed by atoms with Crippen LogP contribution < -0.4 is 10.1 Å². The molecular weight excluding hydrogens is 495 g/mol. The van der Waals surface area contributed by atoms with Gasteiger partial charge in [0.25, 0.3) is 0 Å². The highest BCUT2D eigenvalue weighted by molar-refractivity contribution is 6.36. The number of anilines is 1. The highest BCUT2D eigenvalue weighted by Crippen LogP contribution is 2.35. The van der Waals surface area contributed by atoms with Crippen molar-refractivity contribution in [3.05, 3.63) is 94.5 Å². The standard InChI is InChI=1S/C29H28Cl2N2O3/c30-22-8-9-23(26(31)19-22)20-4-3-5-21(18-20)29(34)32-27-10-11-28(25-7-2-1-6-24(25)27)36-17-14-33-12-15-35-16-13-33/h1-11,18-19,29,32,34H,12-17H2. The highest BCUT2D eigenvalue weighted by Gasteiger charge is 2.14. The monoisotopic (exact) mass is 522 g/mol. The van der Waals surface area contributed by atoms with Gasteiger partial charge in [-0.25, -0.2) is 0 Å². The van der Waals surface area contributed by atoms with Gasteiger partial charge in [-0.15, -0.1) is 0 Å². The molecule has 1 atom stereocenters. The first-order chi connectivity index (χ1) is 17.6. The predicted molar refractivity (Wildman–Crippen MR) is 147 cm³/mol. The highest BCUT2D eigenvalue weighted by atomic mass is 35.5. The lowest BCUT2D eigenvalue weighted by molar-refractivity contribution is 0.0323. The van der Waals surface area contributed by atoms with Gasteiger partial charge in [-0.1, -0.05) is 71.7 Å². The lowest BCUT2D eigenvalue weighted by Crippen LogP contribution is -2.38. The van der Waals surface area contributed by atoms with Crippen LogP contribution in [0.1, 0.15) is 11.8 Å². The first-order valence-electron chi connectivity index (χ1n) is 12.0. The molecule has 0 amide bonds. The number of nitrogens with zero attached hydrogens (tertiary/aromatic N) is 1. The molecule has 2 N–H and O–H groups in total. The number of fused-ring (bicyclic) bond motifs is 1. The van der Waals surface area contributed by atoms with Crippen LogP contribution in [0.2, 0.25) is 10.0 Å². The molecule has 186 valence electrons. The summed E-state index contributed by atoms with van der Waals surface area (Å²) in [5, 5.41) is 17.5. The number of halogens is 2. The van der Waals surface area contributed by atoms with Crippen LogP contribution in [0.5, 0.6) is 5.75 Å². The molecule has 36 heavy (non-hydrogen) atoms. The van der Waals surface area contributed by atoms with Gasteiger partial charge in [-0.3, -0.25) is 4.90 Å². The van der Waals surface area contributed by atoms with Crippen LogP contribution in [0.3, 0.4) is 0 Å². The number of morpholine rings is 1. The van der Waals surface area contributed by atoms with Gasteiger partial charge in [-0.2, -0.15) is 0 Å². The van der Waals surface area contributed by atoms with Gasteiger partial charge >= 0.3 is 0 Å². The molecule has 0 radical (unpaired) electrons. The zero-order chi connectivity index (χ0) is 24.9. The van der Waals surface area contributed by atoms with Crippen molar-refractivity contribution < 1.29 is 14.6 Å². The molecule has 0 spiro atoms. The van der Waals surface area contributed by atoms with E-state index in [0.29, 0.717) is 16.7 Å². The Hall–Kier alpha value is -2.80. The Balaban J connectivity index is 1.33. The summed E-state index contributed by atoms with van der Waals surface area (Å²) in [7, 11) is 0. The molecule has 4 aromatic carbocycles. The van der Waals surface area contributed by atoms with E-state index in [1.807, 2.05) is 66.7 Å². The van der Waals surface area contributed by atoms with Crippen LogP contribution in [0.25, 0.3) is 21.9 Å². The van der Waals surface area contributed by atoms with Crippen LogP contribution in [0.4, 0.5) is 5.69 Å². The number of nitrogens with one attached hydrogen (secondary N) is 1. The van der Waals surface area contributed by atoms with Crippen molar-refractivity contribution in [3.63, 3.8) is 0 Å². The third kappa shape index (κ3) is 5.77. The summed E-state index contributed by atoms with van der Waals surface area (Å²) in [6.07, 6.45) is -0.910. The van der Waals surface area contributed by atoms with E-state index in [2.05, 4.69) is 10.2 Å². The maximum Gasteiger partial charge on any atom is 0.150 e. The van der Waals surface area contributed by atoms with E-state index < -0.39 is 6.23 Å². The van der Waals surface area contributed by atoms with E-state index in [1.54, 1.807) is 12.1 Å². The Morgan fingerprint density at radius 3 is 2.53 bits per heavy atom. The fraction of sp³-hybridized carbons (Fsp3) is 0.241. The van der Waals surface area contributed by atoms with Crippen molar-refractivity contribution in [1.82, 2.24) is 4.90 Å². The van der Waals surface area contributed by atoms with Crippen LogP contribution in [-0.4, -0.2) is 49.5 Å². The number of rotatable bonds is 8. The Bertz CT molecular complexity index is 1340. The van der Waals surface area contributed by atoms with Gasteiger partial charge in [0.05, 0.1) is 13.2 Å². The molecule has 0 bridgehead atoms. The van der Waals surface area contributed by atoms with Gasteiger partial charge in [0.15, 0.2) is 6.23 Å². The van der Waals surface area contributed by atoms with Crippen molar-refractivity contribution in [2.75, 3.05) is 44.8 Å². The topological polar surface area (TPSA) is 54.0 Å². The molecule has 5 nitrogen and oxygen atoms in total. The fourth-order valence-electron chi connectivity index (χ4n) is 4.46. The molecule has 1 heterocycles. The summed E-state index contributed by atoms with van der Waals surface area (Å²) in [5.41, 5.74) is 3.32. The first kappa shape index (κ1) is 24.9. The molecule has 0 saturated carbocycles. The molecule has 4 aromatic rings. The molecule has 1 unspecified atom stereocenters. The van der Waals surface area contributed by atoms with Crippen molar-refractivity contribution in [1.29, 1.82) is 0 Å². The van der Waals surface area contributed by atoms with E-state index >= 15 is 0 Å². The molecule has 0 aromatic heterocycles. The van der Waals surface area contributed by atoms with Crippen molar-refractivity contribution in [2.45, 2.75) is 6.23 Å². The third-order valence-corrected chi connectivity index (χ3v) is 6.94. The Labute approximate surface area is 221 Å². The molecule has 1 aliphatic heterocycles. The Morgan fingerprint density at radius 1 is 0.917 bits per heavy atom. The van der Waals surface area contributed by atoms with Gasteiger partial charge in [0, 0.05) is 57.3 Å². The second-order valence-corrected chi connectivity index (χ2v) is 9.60. The minimum atomic E-state index is -0.910. The van der Waals surface area contributed by atoms with Crippen molar-refractivity contribution >= 4 is 39.7 Å². The number of hydrogen-bond acceptors (Lipinski definition) is 5. The molecule has 1 fully saturated rings. The average molecular weight is 523 g/mol. The average Bonchev–Trinajstić information content (AvgIpc) is 2.90. The molecule has 7 heteroatoms. The van der Waals surface area contributed by atoms with Crippen LogP contribution in [0, 0.1) is 0 Å². The van der Waals surface area contributed by atoms with Crippen LogP contribution in [0.15, 0.2) is 78.9 Å². The molecule has 1 aliphatic rings. The number of benzene rings is 4. The quantitative estimate of drug-likeness (QED) is 0.254. The fourth-order valence-corrected chi connectivity index (χ4v) is 4.98. The van der Waals surface area contributed by atoms with Crippen molar-refractivity contribution in [2.24, 2.45) is 0 Å². The van der Waals surface area contributed by atoms with Gasteiger partial charge in [-0.05, 0) is 35.9 Å². The van der Waals surface area contributed by atoms with Gasteiger partial charge < -0.3 is 19.9 Å². The summed E-state index contributed by atoms with van der Waals surface area (Å²) in [6.45, 7) is 4.92. The molecule has 5 rings (SSSR count). The van der Waals surface area contributed by atoms with Gasteiger partial charge in [0.2, 0.25) is 0 Å². The maximum atomic E-state index is 11.1. The summed E-state index contributed by atoms with van der Waals surface area (Å²) in [6, 6.07) is 25.1. The number of aliphatic hydroxyl groups is 1. The van der Waals surface area contributed by atoms with E-state index in [1.165, 1.54) is 0 Å². The zero-order valence-electron chi connectivity index (χ0n) is 19.8. The Morgan fingerprint density at radius 2 is 1.72 bits per heavy atom. The lowest BCUT2D eigenvalue weighted by Gasteiger charge is -2.26. The van der Waals surface area contributed by atoms with Crippen LogP contribution in [-0.2, 0) is 4.74 Å². The number of aliphatic hydroxyl groups excluding tert-OH is 1. The normalized spacial score (nSPS) is 15.1. The summed E-state index contributed by atoms with van der Waals surface area (Å²) < 4.78 is 11.6. The Kier molecular flexibility index (Phi) is 7.95. The predicted octanol–water partition coefficient (Wildman–Crippen LogP) is 6.63. The van der Waals surface area contributed by atoms with E-state index in [9.17, 15) is 5.11 Å². The van der Waals surface area contributed by atoms with E-state index in [-0.39, 0.29) is 0 Å². The number of ether oxygens (including phenoxy) is 2. The number of hydrogen-bond donors (Lipinski definition) is 2. The minimum Gasteiger partial charge on any atom is -0.492 e. The SMILES string of the molecule is OC(Nc1ccc(OCCN2CCOCC2)c2ccccc12)c1cccc(-c2ccc(Cl)cc2Cl)c1.